The van der Waals surface area contributed by atoms with Crippen LogP contribution < -0.4 is 10.2 Å². The van der Waals surface area contributed by atoms with E-state index < -0.39 is 0 Å². The molecular weight excluding hydrogens is 402 g/mol. The molecule has 29 heavy (non-hydrogen) atoms. The Kier molecular flexibility index (Phi) is 4.61. The van der Waals surface area contributed by atoms with Crippen LogP contribution in [-0.2, 0) is 11.3 Å². The summed E-state index contributed by atoms with van der Waals surface area (Å²) in [6, 6.07) is 17.4. The summed E-state index contributed by atoms with van der Waals surface area (Å²) in [5.41, 5.74) is 3.17. The van der Waals surface area contributed by atoms with E-state index in [1.165, 1.54) is 11.8 Å². The third-order valence-electron chi connectivity index (χ3n) is 4.90. The van der Waals surface area contributed by atoms with Crippen molar-refractivity contribution < 1.29 is 9.59 Å². The number of nitrogens with one attached hydrogen (secondary N) is 2. The first-order chi connectivity index (χ1) is 14.2. The number of hydrogen-bond acceptors (Lipinski definition) is 4. The SMILES string of the molecule is O=C(Nc1c[nH]c2ccccc12)c1ccc2c(c1)SCC(=O)N2Cc1cccs1. The number of thioether (sulfide) groups is 1. The van der Waals surface area contributed by atoms with Crippen molar-refractivity contribution in [2.24, 2.45) is 0 Å². The van der Waals surface area contributed by atoms with Gasteiger partial charge in [0, 0.05) is 32.4 Å². The largest absolute Gasteiger partial charge is 0.359 e. The van der Waals surface area contributed by atoms with Crippen LogP contribution in [0, 0.1) is 0 Å². The lowest BCUT2D eigenvalue weighted by Crippen LogP contribution is -2.34. The smallest absolute Gasteiger partial charge is 0.255 e. The van der Waals surface area contributed by atoms with Gasteiger partial charge < -0.3 is 15.2 Å². The molecule has 2 N–H and O–H groups in total. The Hall–Kier alpha value is -3.03. The van der Waals surface area contributed by atoms with Crippen LogP contribution in [0.2, 0.25) is 0 Å². The monoisotopic (exact) mass is 419 g/mol. The second-order valence-electron chi connectivity index (χ2n) is 6.73. The molecule has 0 unspecified atom stereocenters. The van der Waals surface area contributed by atoms with E-state index in [0.29, 0.717) is 17.9 Å². The van der Waals surface area contributed by atoms with Crippen molar-refractivity contribution >= 4 is 57.2 Å². The third-order valence-corrected chi connectivity index (χ3v) is 6.79. The molecule has 3 heterocycles. The number of aromatic nitrogens is 1. The Balaban J connectivity index is 1.41. The van der Waals surface area contributed by atoms with Crippen LogP contribution in [0.15, 0.2) is 71.1 Å². The van der Waals surface area contributed by atoms with Crippen molar-refractivity contribution in [3.63, 3.8) is 0 Å². The van der Waals surface area contributed by atoms with Gasteiger partial charge in [-0.25, -0.2) is 0 Å². The fourth-order valence-corrected chi connectivity index (χ4v) is 5.11. The maximum absolute atomic E-state index is 12.8. The van der Waals surface area contributed by atoms with Gasteiger partial charge in [0.05, 0.1) is 23.7 Å². The molecule has 1 aliphatic heterocycles. The number of para-hydroxylation sites is 1. The van der Waals surface area contributed by atoms with E-state index in [-0.39, 0.29) is 11.8 Å². The molecule has 0 radical (unpaired) electrons. The number of amides is 2. The van der Waals surface area contributed by atoms with Crippen molar-refractivity contribution in [1.82, 2.24) is 4.98 Å². The topological polar surface area (TPSA) is 65.2 Å². The second-order valence-corrected chi connectivity index (χ2v) is 8.78. The van der Waals surface area contributed by atoms with E-state index in [4.69, 9.17) is 0 Å². The minimum atomic E-state index is -0.167. The van der Waals surface area contributed by atoms with Crippen molar-refractivity contribution in [2.75, 3.05) is 16.0 Å². The van der Waals surface area contributed by atoms with E-state index >= 15 is 0 Å². The zero-order valence-corrected chi connectivity index (χ0v) is 17.0. The maximum Gasteiger partial charge on any atom is 0.255 e. The molecule has 7 heteroatoms. The maximum atomic E-state index is 12.8. The summed E-state index contributed by atoms with van der Waals surface area (Å²) in [5, 5.41) is 5.97. The minimum Gasteiger partial charge on any atom is -0.359 e. The van der Waals surface area contributed by atoms with Crippen LogP contribution in [0.4, 0.5) is 11.4 Å². The van der Waals surface area contributed by atoms with Gasteiger partial charge >= 0.3 is 0 Å². The highest BCUT2D eigenvalue weighted by Crippen LogP contribution is 2.37. The van der Waals surface area contributed by atoms with Crippen molar-refractivity contribution in [3.05, 3.63) is 76.6 Å². The van der Waals surface area contributed by atoms with Crippen molar-refractivity contribution in [1.29, 1.82) is 0 Å². The molecule has 0 saturated heterocycles. The third kappa shape index (κ3) is 3.43. The first kappa shape index (κ1) is 18.0. The molecular formula is C22H17N3O2S2. The molecule has 5 rings (SSSR count). The van der Waals surface area contributed by atoms with Crippen LogP contribution in [0.3, 0.4) is 0 Å². The van der Waals surface area contributed by atoms with E-state index in [1.807, 2.05) is 53.9 Å². The summed E-state index contributed by atoms with van der Waals surface area (Å²) in [6.07, 6.45) is 1.80. The number of H-pyrrole nitrogens is 1. The second kappa shape index (κ2) is 7.42. The zero-order chi connectivity index (χ0) is 19.8. The number of carbonyl (C=O) groups is 2. The Morgan fingerprint density at radius 2 is 2.03 bits per heavy atom. The fraction of sp³-hybridized carbons (Fsp3) is 0.0909. The van der Waals surface area contributed by atoms with Crippen LogP contribution >= 0.6 is 23.1 Å². The van der Waals surface area contributed by atoms with Crippen molar-refractivity contribution in [2.45, 2.75) is 11.4 Å². The quantitative estimate of drug-likeness (QED) is 0.482. The standard InChI is InChI=1S/C22H17N3O2S2/c26-21-13-29-20-10-14(7-8-19(20)25(21)12-15-4-3-9-28-15)22(27)24-18-11-23-17-6-2-1-5-16(17)18/h1-11,23H,12-13H2,(H,24,27). The van der Waals surface area contributed by atoms with Gasteiger partial charge in [-0.15, -0.1) is 23.1 Å². The van der Waals surface area contributed by atoms with E-state index in [9.17, 15) is 9.59 Å². The highest BCUT2D eigenvalue weighted by molar-refractivity contribution is 8.00. The number of fused-ring (bicyclic) bond motifs is 2. The molecule has 2 aromatic heterocycles. The predicted molar refractivity (Wildman–Crippen MR) is 119 cm³/mol. The number of nitrogens with zero attached hydrogens (tertiary/aromatic N) is 1. The number of anilines is 2. The van der Waals surface area contributed by atoms with E-state index in [0.717, 1.165) is 32.1 Å². The Bertz CT molecular complexity index is 1210. The first-order valence-electron chi connectivity index (χ1n) is 9.16. The average Bonchev–Trinajstić information content (AvgIpc) is 3.40. The Morgan fingerprint density at radius 1 is 1.14 bits per heavy atom. The van der Waals surface area contributed by atoms with Gasteiger partial charge in [0.1, 0.15) is 0 Å². The zero-order valence-electron chi connectivity index (χ0n) is 15.3. The number of aromatic amines is 1. The number of thiophene rings is 1. The molecule has 0 atom stereocenters. The molecule has 0 aliphatic carbocycles. The van der Waals surface area contributed by atoms with Crippen LogP contribution in [0.5, 0.6) is 0 Å². The lowest BCUT2D eigenvalue weighted by Gasteiger charge is -2.29. The lowest BCUT2D eigenvalue weighted by atomic mass is 10.1. The van der Waals surface area contributed by atoms with Crippen LogP contribution in [0.25, 0.3) is 10.9 Å². The summed E-state index contributed by atoms with van der Waals surface area (Å²) in [5.74, 6) is 0.304. The van der Waals surface area contributed by atoms with Gasteiger partial charge in [0.15, 0.2) is 0 Å². The Morgan fingerprint density at radius 3 is 2.90 bits per heavy atom. The summed E-state index contributed by atoms with van der Waals surface area (Å²) in [6.45, 7) is 0.560. The van der Waals surface area contributed by atoms with Crippen molar-refractivity contribution in [3.8, 4) is 0 Å². The molecule has 4 aromatic rings. The number of rotatable bonds is 4. The molecule has 5 nitrogen and oxygen atoms in total. The van der Waals surface area contributed by atoms with E-state index in [2.05, 4.69) is 10.3 Å². The predicted octanol–water partition coefficient (Wildman–Crippen LogP) is 5.12. The summed E-state index contributed by atoms with van der Waals surface area (Å²) in [7, 11) is 0. The van der Waals surface area contributed by atoms with Gasteiger partial charge in [0.2, 0.25) is 5.91 Å². The molecule has 144 valence electrons. The summed E-state index contributed by atoms with van der Waals surface area (Å²) in [4.78, 5) is 32.4. The molecule has 2 aromatic carbocycles. The van der Waals surface area contributed by atoms with Gasteiger partial charge in [-0.3, -0.25) is 9.59 Å². The minimum absolute atomic E-state index is 0.0897. The highest BCUT2D eigenvalue weighted by Gasteiger charge is 2.26. The molecule has 0 saturated carbocycles. The molecule has 1 aliphatic rings. The lowest BCUT2D eigenvalue weighted by molar-refractivity contribution is -0.116. The number of carbonyl (C=O) groups excluding carboxylic acids is 2. The van der Waals surface area contributed by atoms with Gasteiger partial charge in [-0.05, 0) is 35.7 Å². The number of benzene rings is 2. The summed E-state index contributed by atoms with van der Waals surface area (Å²) < 4.78 is 0. The fourth-order valence-electron chi connectivity index (χ4n) is 3.45. The average molecular weight is 420 g/mol. The van der Waals surface area contributed by atoms with Crippen LogP contribution in [0.1, 0.15) is 15.2 Å². The molecule has 0 fully saturated rings. The first-order valence-corrected chi connectivity index (χ1v) is 11.0. The molecule has 0 bridgehead atoms. The van der Waals surface area contributed by atoms with Crippen LogP contribution in [-0.4, -0.2) is 22.6 Å². The highest BCUT2D eigenvalue weighted by atomic mass is 32.2. The van der Waals surface area contributed by atoms with E-state index in [1.54, 1.807) is 28.5 Å². The summed E-state index contributed by atoms with van der Waals surface area (Å²) >= 11 is 3.12. The van der Waals surface area contributed by atoms with Gasteiger partial charge in [0.25, 0.3) is 5.91 Å². The number of hydrogen-bond donors (Lipinski definition) is 2. The van der Waals surface area contributed by atoms with Gasteiger partial charge in [-0.1, -0.05) is 24.3 Å². The normalized spacial score (nSPS) is 13.5. The molecule has 0 spiro atoms. The Labute approximate surface area is 175 Å². The molecule has 2 amide bonds. The van der Waals surface area contributed by atoms with Gasteiger partial charge in [-0.2, -0.15) is 0 Å².